The molecule has 112 valence electrons. The number of nitrogens with zero attached hydrogens (tertiary/aromatic N) is 3. The lowest BCUT2D eigenvalue weighted by molar-refractivity contribution is 0.708. The van der Waals surface area contributed by atoms with Gasteiger partial charge in [-0.15, -0.1) is 0 Å². The summed E-state index contributed by atoms with van der Waals surface area (Å²) in [7, 11) is 1.99. The Bertz CT molecular complexity index is 629. The molecule has 1 heterocycles. The molecule has 0 fully saturated rings. The lowest BCUT2D eigenvalue weighted by Crippen LogP contribution is -2.23. The van der Waals surface area contributed by atoms with Crippen molar-refractivity contribution in [2.75, 3.05) is 11.9 Å². The van der Waals surface area contributed by atoms with E-state index in [1.54, 1.807) is 6.07 Å². The van der Waals surface area contributed by atoms with Gasteiger partial charge in [0.2, 0.25) is 0 Å². The fourth-order valence-electron chi connectivity index (χ4n) is 2.05. The first-order valence-electron chi connectivity index (χ1n) is 6.91. The van der Waals surface area contributed by atoms with E-state index in [4.69, 9.17) is 23.2 Å². The highest BCUT2D eigenvalue weighted by molar-refractivity contribution is 6.30. The van der Waals surface area contributed by atoms with Gasteiger partial charge in [-0.3, -0.25) is 0 Å². The Balaban J connectivity index is 2.33. The maximum absolute atomic E-state index is 6.12. The summed E-state index contributed by atoms with van der Waals surface area (Å²) in [5.41, 5.74) is 1.13. The number of rotatable bonds is 4. The average Bonchev–Trinajstić information content (AvgIpc) is 2.45. The quantitative estimate of drug-likeness (QED) is 0.732. The molecule has 2 rings (SSSR count). The molecule has 0 bridgehead atoms. The molecule has 0 aliphatic carbocycles. The second-order valence-electron chi connectivity index (χ2n) is 5.40. The van der Waals surface area contributed by atoms with E-state index in [9.17, 15) is 0 Å². The Kier molecular flexibility index (Phi) is 5.07. The lowest BCUT2D eigenvalue weighted by Gasteiger charge is -2.27. The zero-order valence-corrected chi connectivity index (χ0v) is 14.2. The van der Waals surface area contributed by atoms with Gasteiger partial charge >= 0.3 is 0 Å². The second kappa shape index (κ2) is 6.63. The van der Waals surface area contributed by atoms with Gasteiger partial charge in [-0.25, -0.2) is 9.97 Å². The molecule has 21 heavy (non-hydrogen) atoms. The van der Waals surface area contributed by atoms with E-state index in [0.717, 1.165) is 22.2 Å². The first-order chi connectivity index (χ1) is 9.88. The van der Waals surface area contributed by atoms with Crippen LogP contribution in [0.5, 0.6) is 0 Å². The van der Waals surface area contributed by atoms with Crippen molar-refractivity contribution in [3.8, 4) is 0 Å². The van der Waals surface area contributed by atoms with E-state index in [2.05, 4.69) is 41.7 Å². The van der Waals surface area contributed by atoms with Crippen LogP contribution in [0.2, 0.25) is 10.2 Å². The summed E-state index contributed by atoms with van der Waals surface area (Å²) in [5, 5.41) is 1.20. The van der Waals surface area contributed by atoms with Crippen molar-refractivity contribution >= 4 is 29.0 Å². The van der Waals surface area contributed by atoms with Crippen LogP contribution in [-0.4, -0.2) is 17.0 Å². The van der Waals surface area contributed by atoms with Crippen LogP contribution in [0.25, 0.3) is 0 Å². The molecular weight excluding hydrogens is 305 g/mol. The molecular formula is C16H19Cl2N3. The summed E-state index contributed by atoms with van der Waals surface area (Å²) in [6.07, 6.45) is 0. The first-order valence-corrected chi connectivity index (χ1v) is 7.67. The van der Waals surface area contributed by atoms with Crippen molar-refractivity contribution in [3.63, 3.8) is 0 Å². The van der Waals surface area contributed by atoms with Gasteiger partial charge in [0.1, 0.15) is 16.8 Å². The summed E-state index contributed by atoms with van der Waals surface area (Å²) in [6.45, 7) is 6.21. The van der Waals surface area contributed by atoms with Crippen molar-refractivity contribution < 1.29 is 0 Å². The number of hydrogen-bond acceptors (Lipinski definition) is 3. The Labute approximate surface area is 135 Å². The van der Waals surface area contributed by atoms with Crippen LogP contribution < -0.4 is 4.90 Å². The predicted octanol–water partition coefficient (Wildman–Crippen LogP) is 5.10. The van der Waals surface area contributed by atoms with Gasteiger partial charge in [-0.2, -0.15) is 0 Å². The van der Waals surface area contributed by atoms with Crippen molar-refractivity contribution in [1.29, 1.82) is 0 Å². The molecule has 0 aliphatic heterocycles. The fourth-order valence-corrected chi connectivity index (χ4v) is 2.43. The van der Waals surface area contributed by atoms with Crippen molar-refractivity contribution in [2.24, 2.45) is 0 Å². The third-order valence-corrected chi connectivity index (χ3v) is 3.92. The highest BCUT2D eigenvalue weighted by Gasteiger charge is 2.16. The van der Waals surface area contributed by atoms with Gasteiger partial charge in [-0.1, -0.05) is 49.2 Å². The van der Waals surface area contributed by atoms with E-state index >= 15 is 0 Å². The number of aromatic nitrogens is 2. The summed E-state index contributed by atoms with van der Waals surface area (Å²) in [6, 6.07) is 9.77. The van der Waals surface area contributed by atoms with Gasteiger partial charge < -0.3 is 4.90 Å². The monoisotopic (exact) mass is 323 g/mol. The highest BCUT2D eigenvalue weighted by atomic mass is 35.5. The Morgan fingerprint density at radius 3 is 2.38 bits per heavy atom. The number of hydrogen-bond donors (Lipinski definition) is 0. The van der Waals surface area contributed by atoms with Gasteiger partial charge in [0.25, 0.3) is 0 Å². The zero-order chi connectivity index (χ0) is 15.6. The normalized spacial score (nSPS) is 12.5. The van der Waals surface area contributed by atoms with Crippen molar-refractivity contribution in [1.82, 2.24) is 9.97 Å². The van der Waals surface area contributed by atoms with Crippen LogP contribution in [0, 0.1) is 0 Å². The largest absolute Gasteiger partial charge is 0.353 e. The summed E-state index contributed by atoms with van der Waals surface area (Å²) in [4.78, 5) is 10.9. The second-order valence-corrected chi connectivity index (χ2v) is 6.23. The Hall–Kier alpha value is -1.32. The Morgan fingerprint density at radius 2 is 1.76 bits per heavy atom. The minimum Gasteiger partial charge on any atom is -0.353 e. The molecule has 1 atom stereocenters. The third-order valence-electron chi connectivity index (χ3n) is 3.49. The van der Waals surface area contributed by atoms with E-state index in [0.29, 0.717) is 5.15 Å². The standard InChI is InChI=1S/C16H19Cl2N3/c1-10(2)16-19-14(18)9-15(20-16)21(4)11(3)12-6-5-7-13(17)8-12/h5-11H,1-4H3. The van der Waals surface area contributed by atoms with Crippen LogP contribution in [0.3, 0.4) is 0 Å². The molecule has 1 aromatic heterocycles. The molecule has 0 saturated carbocycles. The summed E-state index contributed by atoms with van der Waals surface area (Å²) in [5.74, 6) is 1.80. The van der Waals surface area contributed by atoms with E-state index in [1.807, 2.05) is 25.2 Å². The zero-order valence-electron chi connectivity index (χ0n) is 12.6. The average molecular weight is 324 g/mol. The maximum atomic E-state index is 6.12. The molecule has 0 amide bonds. The smallest absolute Gasteiger partial charge is 0.135 e. The SMILES string of the molecule is CC(C)c1nc(Cl)cc(N(C)C(C)c2cccc(Cl)c2)n1. The van der Waals surface area contributed by atoms with Crippen molar-refractivity contribution in [2.45, 2.75) is 32.7 Å². The van der Waals surface area contributed by atoms with Gasteiger partial charge in [-0.05, 0) is 24.6 Å². The molecule has 3 nitrogen and oxygen atoms in total. The van der Waals surface area contributed by atoms with Crippen LogP contribution in [0.15, 0.2) is 30.3 Å². The van der Waals surface area contributed by atoms with Gasteiger partial charge in [0.15, 0.2) is 0 Å². The number of anilines is 1. The first kappa shape index (κ1) is 16.1. The Morgan fingerprint density at radius 1 is 1.05 bits per heavy atom. The van der Waals surface area contributed by atoms with Crippen LogP contribution in [0.4, 0.5) is 5.82 Å². The molecule has 1 aromatic carbocycles. The third kappa shape index (κ3) is 3.86. The summed E-state index contributed by atoms with van der Waals surface area (Å²) < 4.78 is 0. The van der Waals surface area contributed by atoms with Crippen LogP contribution >= 0.6 is 23.2 Å². The van der Waals surface area contributed by atoms with Crippen LogP contribution in [-0.2, 0) is 0 Å². The number of halogens is 2. The molecule has 0 aliphatic rings. The lowest BCUT2D eigenvalue weighted by atomic mass is 10.1. The van der Waals surface area contributed by atoms with Crippen LogP contribution in [0.1, 0.15) is 44.1 Å². The number of benzene rings is 1. The minimum absolute atomic E-state index is 0.134. The summed E-state index contributed by atoms with van der Waals surface area (Å²) >= 11 is 12.2. The molecule has 5 heteroatoms. The topological polar surface area (TPSA) is 29.0 Å². The predicted molar refractivity (Wildman–Crippen MR) is 89.4 cm³/mol. The molecule has 2 aromatic rings. The van der Waals surface area contributed by atoms with E-state index in [-0.39, 0.29) is 12.0 Å². The van der Waals surface area contributed by atoms with Gasteiger partial charge in [0, 0.05) is 24.1 Å². The molecule has 0 N–H and O–H groups in total. The van der Waals surface area contributed by atoms with Gasteiger partial charge in [0.05, 0.1) is 6.04 Å². The highest BCUT2D eigenvalue weighted by Crippen LogP contribution is 2.27. The minimum atomic E-state index is 0.134. The molecule has 0 radical (unpaired) electrons. The molecule has 0 saturated heterocycles. The van der Waals surface area contributed by atoms with E-state index < -0.39 is 0 Å². The van der Waals surface area contributed by atoms with Crippen molar-refractivity contribution in [3.05, 3.63) is 51.9 Å². The molecule has 0 spiro atoms. The van der Waals surface area contributed by atoms with E-state index in [1.165, 1.54) is 0 Å². The fraction of sp³-hybridized carbons (Fsp3) is 0.375. The maximum Gasteiger partial charge on any atom is 0.135 e. The molecule has 1 unspecified atom stereocenters.